The van der Waals surface area contributed by atoms with Gasteiger partial charge in [-0.2, -0.15) is 0 Å². The van der Waals surface area contributed by atoms with Gasteiger partial charge < -0.3 is 9.73 Å². The van der Waals surface area contributed by atoms with Crippen LogP contribution in [0.4, 0.5) is 8.78 Å². The summed E-state index contributed by atoms with van der Waals surface area (Å²) in [5.41, 5.74) is 0.272. The summed E-state index contributed by atoms with van der Waals surface area (Å²) in [6.07, 6.45) is 0.0687. The Bertz CT molecular complexity index is 1080. The molecule has 1 N–H and O–H groups in total. The maximum absolute atomic E-state index is 13.5. The van der Waals surface area contributed by atoms with Crippen molar-refractivity contribution in [3.63, 3.8) is 0 Å². The van der Waals surface area contributed by atoms with Gasteiger partial charge in [-0.3, -0.25) is 4.79 Å². The summed E-state index contributed by atoms with van der Waals surface area (Å²) in [6, 6.07) is 10.5. The van der Waals surface area contributed by atoms with E-state index in [0.717, 1.165) is 12.1 Å². The third kappa shape index (κ3) is 4.77. The summed E-state index contributed by atoms with van der Waals surface area (Å²) in [7, 11) is -3.89. The Kier molecular flexibility index (Phi) is 5.78. The maximum atomic E-state index is 13.5. The summed E-state index contributed by atoms with van der Waals surface area (Å²) in [5.74, 6) is -2.14. The minimum atomic E-state index is -3.89. The van der Waals surface area contributed by atoms with E-state index in [-0.39, 0.29) is 24.4 Å². The van der Waals surface area contributed by atoms with E-state index in [2.05, 4.69) is 15.5 Å². The van der Waals surface area contributed by atoms with E-state index >= 15 is 0 Å². The van der Waals surface area contributed by atoms with E-state index in [0.29, 0.717) is 5.56 Å². The Labute approximate surface area is 159 Å². The highest BCUT2D eigenvalue weighted by molar-refractivity contribution is 7.90. The molecule has 3 rings (SSSR count). The topological polar surface area (TPSA) is 102 Å². The number of rotatable bonds is 7. The second-order valence-corrected chi connectivity index (χ2v) is 7.70. The smallest absolute Gasteiger partial charge is 0.335 e. The van der Waals surface area contributed by atoms with Crippen molar-refractivity contribution in [2.45, 2.75) is 17.4 Å². The third-order valence-electron chi connectivity index (χ3n) is 3.73. The fraction of sp³-hybridized carbons (Fsp3) is 0.167. The number of hydrogen-bond acceptors (Lipinski definition) is 6. The number of sulfone groups is 1. The molecule has 0 spiro atoms. The van der Waals surface area contributed by atoms with Crippen molar-refractivity contribution >= 4 is 15.7 Å². The number of halogens is 2. The third-order valence-corrected chi connectivity index (χ3v) is 5.14. The van der Waals surface area contributed by atoms with Crippen LogP contribution in [0.3, 0.4) is 0 Å². The average molecular weight is 407 g/mol. The van der Waals surface area contributed by atoms with Gasteiger partial charge in [-0.05, 0) is 29.8 Å². The number of carbonyl (C=O) groups is 1. The van der Waals surface area contributed by atoms with Gasteiger partial charge in [-0.25, -0.2) is 17.2 Å². The first-order chi connectivity index (χ1) is 13.3. The van der Waals surface area contributed by atoms with Gasteiger partial charge in [0.05, 0.1) is 11.3 Å². The van der Waals surface area contributed by atoms with Crippen LogP contribution in [0, 0.1) is 11.6 Å². The molecule has 28 heavy (non-hydrogen) atoms. The van der Waals surface area contributed by atoms with Crippen LogP contribution in [0.2, 0.25) is 0 Å². The summed E-state index contributed by atoms with van der Waals surface area (Å²) in [4.78, 5) is 11.9. The fourth-order valence-electron chi connectivity index (χ4n) is 2.35. The molecule has 0 saturated carbocycles. The Hall–Kier alpha value is -3.14. The molecule has 1 aromatic heterocycles. The molecule has 0 fully saturated rings. The van der Waals surface area contributed by atoms with E-state index in [1.807, 2.05) is 0 Å². The fourth-order valence-corrected chi connectivity index (χ4v) is 3.49. The van der Waals surface area contributed by atoms with E-state index < -0.39 is 38.4 Å². The number of aromatic nitrogens is 2. The summed E-state index contributed by atoms with van der Waals surface area (Å²) in [6.45, 7) is 0.0484. The van der Waals surface area contributed by atoms with Gasteiger partial charge in [0.15, 0.2) is 0 Å². The van der Waals surface area contributed by atoms with E-state index in [4.69, 9.17) is 4.42 Å². The lowest BCUT2D eigenvalue weighted by molar-refractivity contribution is 0.0949. The van der Waals surface area contributed by atoms with Gasteiger partial charge in [0, 0.05) is 13.0 Å². The zero-order valence-electron chi connectivity index (χ0n) is 14.4. The quantitative estimate of drug-likeness (QED) is 0.645. The van der Waals surface area contributed by atoms with Crippen molar-refractivity contribution in [3.05, 3.63) is 77.2 Å². The maximum Gasteiger partial charge on any atom is 0.335 e. The van der Waals surface area contributed by atoms with Crippen molar-refractivity contribution < 1.29 is 26.4 Å². The first-order valence-electron chi connectivity index (χ1n) is 8.17. The highest BCUT2D eigenvalue weighted by atomic mass is 32.2. The summed E-state index contributed by atoms with van der Waals surface area (Å²) < 4.78 is 56.2. The number of nitrogens with zero attached hydrogens (tertiary/aromatic N) is 2. The molecule has 1 heterocycles. The molecule has 0 bridgehead atoms. The van der Waals surface area contributed by atoms with Gasteiger partial charge in [-0.1, -0.05) is 29.4 Å². The van der Waals surface area contributed by atoms with Crippen LogP contribution in [-0.2, 0) is 22.0 Å². The Morgan fingerprint density at radius 3 is 2.46 bits per heavy atom. The molecule has 7 nitrogen and oxygen atoms in total. The monoisotopic (exact) mass is 407 g/mol. The van der Waals surface area contributed by atoms with Crippen molar-refractivity contribution in [1.82, 2.24) is 15.5 Å². The highest BCUT2D eigenvalue weighted by Gasteiger charge is 2.23. The van der Waals surface area contributed by atoms with Gasteiger partial charge in [0.25, 0.3) is 5.91 Å². The van der Waals surface area contributed by atoms with Crippen LogP contribution in [0.15, 0.2) is 58.2 Å². The van der Waals surface area contributed by atoms with Gasteiger partial charge >= 0.3 is 5.22 Å². The molecule has 3 aromatic rings. The first kappa shape index (κ1) is 19.6. The molecule has 1 amide bonds. The van der Waals surface area contributed by atoms with Crippen LogP contribution in [0.5, 0.6) is 0 Å². The Morgan fingerprint density at radius 1 is 1.04 bits per heavy atom. The molecule has 2 aromatic carbocycles. The molecule has 0 aliphatic rings. The molecular formula is C18H15F2N3O4S. The minimum absolute atomic E-state index is 0.00603. The average Bonchev–Trinajstić information content (AvgIpc) is 3.14. The van der Waals surface area contributed by atoms with E-state index in [1.54, 1.807) is 0 Å². The lowest BCUT2D eigenvalue weighted by Gasteiger charge is -2.04. The van der Waals surface area contributed by atoms with Crippen molar-refractivity contribution in [2.24, 2.45) is 0 Å². The molecule has 0 aliphatic carbocycles. The number of hydrogen-bond donors (Lipinski definition) is 1. The van der Waals surface area contributed by atoms with Crippen molar-refractivity contribution in [2.75, 3.05) is 6.54 Å². The predicted molar refractivity (Wildman–Crippen MR) is 94.0 cm³/mol. The van der Waals surface area contributed by atoms with Crippen molar-refractivity contribution in [1.29, 1.82) is 0 Å². The SMILES string of the molecule is O=C(NCCc1nnc(S(=O)(=O)Cc2ccc(F)cc2)o1)c1ccccc1F. The van der Waals surface area contributed by atoms with Crippen LogP contribution in [-0.4, -0.2) is 31.1 Å². The number of nitrogens with one attached hydrogen (secondary N) is 1. The Balaban J connectivity index is 1.58. The standard InChI is InChI=1S/C18H15F2N3O4S/c19-13-7-5-12(6-8-13)11-28(25,26)18-23-22-16(27-18)9-10-21-17(24)14-3-1-2-4-15(14)20/h1-8H,9-11H2,(H,21,24). The molecule has 0 aliphatic heterocycles. The number of amides is 1. The molecule has 10 heteroatoms. The highest BCUT2D eigenvalue weighted by Crippen LogP contribution is 2.16. The summed E-state index contributed by atoms with van der Waals surface area (Å²) >= 11 is 0. The molecule has 0 saturated heterocycles. The number of benzene rings is 2. The summed E-state index contributed by atoms with van der Waals surface area (Å²) in [5, 5.41) is 9.09. The van der Waals surface area contributed by atoms with Crippen molar-refractivity contribution in [3.8, 4) is 0 Å². The van der Waals surface area contributed by atoms with Crippen LogP contribution < -0.4 is 5.32 Å². The second-order valence-electron chi connectivity index (χ2n) is 5.83. The van der Waals surface area contributed by atoms with E-state index in [1.165, 1.54) is 36.4 Å². The molecule has 0 atom stereocenters. The predicted octanol–water partition coefficient (Wildman–Crippen LogP) is 2.29. The zero-order chi connectivity index (χ0) is 20.1. The zero-order valence-corrected chi connectivity index (χ0v) is 15.2. The molecule has 0 radical (unpaired) electrons. The largest absolute Gasteiger partial charge is 0.412 e. The second kappa shape index (κ2) is 8.26. The van der Waals surface area contributed by atoms with Crippen LogP contribution in [0.1, 0.15) is 21.8 Å². The normalized spacial score (nSPS) is 11.4. The van der Waals surface area contributed by atoms with Crippen LogP contribution in [0.25, 0.3) is 0 Å². The molecular weight excluding hydrogens is 392 g/mol. The minimum Gasteiger partial charge on any atom is -0.412 e. The lowest BCUT2D eigenvalue weighted by Crippen LogP contribution is -2.26. The Morgan fingerprint density at radius 2 is 1.75 bits per heavy atom. The number of carbonyl (C=O) groups excluding carboxylic acids is 1. The van der Waals surface area contributed by atoms with E-state index in [9.17, 15) is 22.0 Å². The van der Waals surface area contributed by atoms with Gasteiger partial charge in [0.2, 0.25) is 15.7 Å². The molecule has 146 valence electrons. The van der Waals surface area contributed by atoms with Crippen LogP contribution >= 0.6 is 0 Å². The molecule has 0 unspecified atom stereocenters. The first-order valence-corrected chi connectivity index (χ1v) is 9.83. The lowest BCUT2D eigenvalue weighted by atomic mass is 10.2. The van der Waals surface area contributed by atoms with Gasteiger partial charge in [-0.15, -0.1) is 5.10 Å². The van der Waals surface area contributed by atoms with Gasteiger partial charge in [0.1, 0.15) is 11.6 Å².